The Labute approximate surface area is 188 Å². The summed E-state index contributed by atoms with van der Waals surface area (Å²) in [5.41, 5.74) is 4.83. The standard InChI is InChI=1S/C23H22N4O6/c28-20(22(30)31)10-24-21(29)12-27-11-14(9-25-27)26-23(32)33-13-19-17-7-3-1-5-15(17)16-6-2-4-8-18(16)19/h1-9,11,19-20,28H,10,12-13H2,(H,24,29)(H,26,32)(H,30,31). The van der Waals surface area contributed by atoms with Crippen molar-refractivity contribution in [2.75, 3.05) is 18.5 Å². The summed E-state index contributed by atoms with van der Waals surface area (Å²) < 4.78 is 6.74. The number of nitrogens with zero attached hydrogens (tertiary/aromatic N) is 2. The smallest absolute Gasteiger partial charge is 0.411 e. The minimum absolute atomic E-state index is 0.0595. The first-order chi connectivity index (χ1) is 15.9. The van der Waals surface area contributed by atoms with Crippen LogP contribution in [0.15, 0.2) is 60.9 Å². The maximum atomic E-state index is 12.3. The number of nitrogens with one attached hydrogen (secondary N) is 2. The van der Waals surface area contributed by atoms with E-state index in [1.807, 2.05) is 36.4 Å². The Bertz CT molecular complexity index is 1150. The van der Waals surface area contributed by atoms with Crippen LogP contribution in [0.2, 0.25) is 0 Å². The van der Waals surface area contributed by atoms with E-state index in [-0.39, 0.29) is 19.1 Å². The number of aromatic nitrogens is 2. The van der Waals surface area contributed by atoms with Gasteiger partial charge in [0.25, 0.3) is 0 Å². The first kappa shape index (κ1) is 22.0. The summed E-state index contributed by atoms with van der Waals surface area (Å²) in [6, 6.07) is 16.1. The highest BCUT2D eigenvalue weighted by atomic mass is 16.5. The van der Waals surface area contributed by atoms with E-state index in [0.29, 0.717) is 5.69 Å². The van der Waals surface area contributed by atoms with Gasteiger partial charge in [0.05, 0.1) is 18.4 Å². The predicted octanol–water partition coefficient (Wildman–Crippen LogP) is 1.81. The van der Waals surface area contributed by atoms with Gasteiger partial charge in [0.1, 0.15) is 13.2 Å². The average molecular weight is 450 g/mol. The van der Waals surface area contributed by atoms with E-state index in [1.165, 1.54) is 17.1 Å². The van der Waals surface area contributed by atoms with E-state index in [4.69, 9.17) is 9.84 Å². The number of aliphatic carboxylic acids is 1. The van der Waals surface area contributed by atoms with Crippen molar-refractivity contribution in [2.24, 2.45) is 0 Å². The number of hydrogen-bond donors (Lipinski definition) is 4. The van der Waals surface area contributed by atoms with Gasteiger partial charge in [-0.1, -0.05) is 48.5 Å². The van der Waals surface area contributed by atoms with Crippen LogP contribution in [0.5, 0.6) is 0 Å². The van der Waals surface area contributed by atoms with Crippen molar-refractivity contribution in [2.45, 2.75) is 18.6 Å². The average Bonchev–Trinajstić information content (AvgIpc) is 3.37. The number of anilines is 1. The van der Waals surface area contributed by atoms with Gasteiger partial charge in [-0.05, 0) is 22.3 Å². The van der Waals surface area contributed by atoms with Gasteiger partial charge in [-0.2, -0.15) is 5.10 Å². The van der Waals surface area contributed by atoms with Crippen LogP contribution in [-0.2, 0) is 20.9 Å². The Kier molecular flexibility index (Phi) is 6.36. The fourth-order valence-corrected chi connectivity index (χ4v) is 3.77. The van der Waals surface area contributed by atoms with Crippen LogP contribution >= 0.6 is 0 Å². The molecule has 33 heavy (non-hydrogen) atoms. The quantitative estimate of drug-likeness (QED) is 0.410. The molecule has 2 aromatic carbocycles. The summed E-state index contributed by atoms with van der Waals surface area (Å²) in [4.78, 5) is 34.7. The Morgan fingerprint density at radius 3 is 2.33 bits per heavy atom. The van der Waals surface area contributed by atoms with E-state index < -0.39 is 30.6 Å². The van der Waals surface area contributed by atoms with Gasteiger partial charge in [-0.3, -0.25) is 14.8 Å². The van der Waals surface area contributed by atoms with Gasteiger partial charge in [0.2, 0.25) is 5.91 Å². The minimum Gasteiger partial charge on any atom is -0.479 e. The minimum atomic E-state index is -1.68. The second kappa shape index (κ2) is 9.53. The lowest BCUT2D eigenvalue weighted by Gasteiger charge is -2.14. The number of hydrogen-bond acceptors (Lipinski definition) is 6. The third-order valence-corrected chi connectivity index (χ3v) is 5.31. The van der Waals surface area contributed by atoms with Crippen LogP contribution in [-0.4, -0.2) is 57.2 Å². The molecule has 2 amide bonds. The maximum absolute atomic E-state index is 12.3. The molecule has 1 heterocycles. The molecule has 0 spiro atoms. The molecule has 0 aliphatic heterocycles. The molecule has 0 bridgehead atoms. The number of carbonyl (C=O) groups is 3. The van der Waals surface area contributed by atoms with Crippen LogP contribution in [0.4, 0.5) is 10.5 Å². The van der Waals surface area contributed by atoms with Gasteiger partial charge in [-0.15, -0.1) is 0 Å². The monoisotopic (exact) mass is 450 g/mol. The van der Waals surface area contributed by atoms with Crippen molar-refractivity contribution in [3.8, 4) is 11.1 Å². The van der Waals surface area contributed by atoms with Crippen molar-refractivity contribution >= 4 is 23.7 Å². The van der Waals surface area contributed by atoms with Gasteiger partial charge in [0, 0.05) is 12.1 Å². The summed E-state index contributed by atoms with van der Waals surface area (Å²) in [6.07, 6.45) is 0.470. The number of ether oxygens (including phenoxy) is 1. The van der Waals surface area contributed by atoms with Crippen molar-refractivity contribution in [3.63, 3.8) is 0 Å². The number of carbonyl (C=O) groups excluding carboxylic acids is 2. The Balaban J connectivity index is 1.30. The van der Waals surface area contributed by atoms with Gasteiger partial charge in [-0.25, -0.2) is 9.59 Å². The second-order valence-corrected chi connectivity index (χ2v) is 7.54. The number of aliphatic hydroxyl groups is 1. The highest BCUT2D eigenvalue weighted by Gasteiger charge is 2.29. The molecule has 3 aromatic rings. The lowest BCUT2D eigenvalue weighted by Crippen LogP contribution is -2.38. The molecule has 1 aliphatic rings. The molecule has 0 radical (unpaired) electrons. The molecule has 1 aromatic heterocycles. The van der Waals surface area contributed by atoms with Crippen LogP contribution in [0.3, 0.4) is 0 Å². The molecule has 10 heteroatoms. The molecule has 4 rings (SSSR count). The topological polar surface area (TPSA) is 143 Å². The van der Waals surface area contributed by atoms with Crippen LogP contribution < -0.4 is 10.6 Å². The number of rotatable bonds is 8. The largest absolute Gasteiger partial charge is 0.479 e. The fraction of sp³-hybridized carbons (Fsp3) is 0.217. The van der Waals surface area contributed by atoms with E-state index in [9.17, 15) is 19.5 Å². The molecule has 170 valence electrons. The SMILES string of the molecule is O=C(Cn1cc(NC(=O)OCC2c3ccccc3-c3ccccc32)cn1)NCC(O)C(=O)O. The third kappa shape index (κ3) is 5.01. The fourth-order valence-electron chi connectivity index (χ4n) is 3.77. The van der Waals surface area contributed by atoms with Crippen molar-refractivity contribution in [1.29, 1.82) is 0 Å². The van der Waals surface area contributed by atoms with Crippen LogP contribution in [0.1, 0.15) is 17.0 Å². The number of fused-ring (bicyclic) bond motifs is 3. The zero-order valence-corrected chi connectivity index (χ0v) is 17.5. The van der Waals surface area contributed by atoms with Crippen molar-refractivity contribution < 1.29 is 29.3 Å². The van der Waals surface area contributed by atoms with Crippen LogP contribution in [0.25, 0.3) is 11.1 Å². The van der Waals surface area contributed by atoms with Crippen molar-refractivity contribution in [3.05, 3.63) is 72.1 Å². The molecule has 4 N–H and O–H groups in total. The lowest BCUT2D eigenvalue weighted by molar-refractivity contribution is -0.146. The highest BCUT2D eigenvalue weighted by Crippen LogP contribution is 2.44. The molecular formula is C23H22N4O6. The zero-order chi connectivity index (χ0) is 23.4. The number of carboxylic acid groups (broad SMARTS) is 1. The summed E-state index contributed by atoms with van der Waals surface area (Å²) in [5, 5.41) is 26.6. The Morgan fingerprint density at radius 1 is 1.06 bits per heavy atom. The molecule has 0 fully saturated rings. The van der Waals surface area contributed by atoms with Gasteiger partial charge in [0.15, 0.2) is 6.10 Å². The summed E-state index contributed by atoms with van der Waals surface area (Å²) in [5.74, 6) is -2.02. The van der Waals surface area contributed by atoms with Gasteiger partial charge >= 0.3 is 12.1 Å². The number of amides is 2. The number of carboxylic acids is 1. The molecule has 0 saturated carbocycles. The molecule has 1 atom stereocenters. The van der Waals surface area contributed by atoms with E-state index in [2.05, 4.69) is 27.9 Å². The highest BCUT2D eigenvalue weighted by molar-refractivity contribution is 5.85. The Morgan fingerprint density at radius 2 is 1.70 bits per heavy atom. The third-order valence-electron chi connectivity index (χ3n) is 5.31. The normalized spacial score (nSPS) is 13.0. The molecule has 1 unspecified atom stereocenters. The van der Waals surface area contributed by atoms with Gasteiger partial charge < -0.3 is 20.3 Å². The van der Waals surface area contributed by atoms with Crippen LogP contribution in [0, 0.1) is 0 Å². The first-order valence-electron chi connectivity index (χ1n) is 10.2. The summed E-state index contributed by atoms with van der Waals surface area (Å²) in [6.45, 7) is -0.457. The van der Waals surface area contributed by atoms with E-state index in [1.54, 1.807) is 0 Å². The molecule has 10 nitrogen and oxygen atoms in total. The lowest BCUT2D eigenvalue weighted by atomic mass is 9.98. The van der Waals surface area contributed by atoms with E-state index in [0.717, 1.165) is 22.3 Å². The second-order valence-electron chi connectivity index (χ2n) is 7.54. The number of aliphatic hydroxyl groups excluding tert-OH is 1. The first-order valence-corrected chi connectivity index (χ1v) is 10.2. The van der Waals surface area contributed by atoms with Crippen molar-refractivity contribution in [1.82, 2.24) is 15.1 Å². The maximum Gasteiger partial charge on any atom is 0.411 e. The predicted molar refractivity (Wildman–Crippen MR) is 118 cm³/mol. The Hall–Kier alpha value is -4.18. The zero-order valence-electron chi connectivity index (χ0n) is 17.5. The molecule has 1 aliphatic carbocycles. The van der Waals surface area contributed by atoms with E-state index >= 15 is 0 Å². The molecular weight excluding hydrogens is 428 g/mol. The molecule has 0 saturated heterocycles. The number of benzene rings is 2. The summed E-state index contributed by atoms with van der Waals surface area (Å²) >= 11 is 0. The summed E-state index contributed by atoms with van der Waals surface area (Å²) in [7, 11) is 0.